The van der Waals surface area contributed by atoms with Crippen LogP contribution in [0, 0.1) is 18.3 Å². The summed E-state index contributed by atoms with van der Waals surface area (Å²) in [5.41, 5.74) is 2.30. The van der Waals surface area contributed by atoms with Crippen molar-refractivity contribution in [2.45, 2.75) is 39.0 Å². The number of pyridine rings is 1. The van der Waals surface area contributed by atoms with Crippen LogP contribution < -0.4 is 10.5 Å². The second kappa shape index (κ2) is 7.43. The number of H-pyrrole nitrogens is 1. The number of anilines is 1. The summed E-state index contributed by atoms with van der Waals surface area (Å²) in [6.45, 7) is 5.77. The maximum Gasteiger partial charge on any atom is 0.251 e. The van der Waals surface area contributed by atoms with Crippen LogP contribution >= 0.6 is 0 Å². The predicted molar refractivity (Wildman–Crippen MR) is 112 cm³/mol. The lowest BCUT2D eigenvalue weighted by Crippen LogP contribution is -2.25. The van der Waals surface area contributed by atoms with Crippen molar-refractivity contribution in [2.75, 3.05) is 19.0 Å². The van der Waals surface area contributed by atoms with Gasteiger partial charge in [0.1, 0.15) is 11.6 Å². The van der Waals surface area contributed by atoms with Gasteiger partial charge in [-0.05, 0) is 43.4 Å². The molecule has 0 saturated carbocycles. The highest BCUT2D eigenvalue weighted by atomic mass is 16.1. The molecule has 0 amide bonds. The third kappa shape index (κ3) is 3.74. The van der Waals surface area contributed by atoms with E-state index in [2.05, 4.69) is 21.0 Å². The van der Waals surface area contributed by atoms with E-state index in [-0.39, 0.29) is 5.56 Å². The van der Waals surface area contributed by atoms with Crippen LogP contribution in [0.1, 0.15) is 36.5 Å². The van der Waals surface area contributed by atoms with E-state index >= 15 is 0 Å². The number of nitrogens with one attached hydrogen (secondary N) is 1. The van der Waals surface area contributed by atoms with Crippen LogP contribution in [-0.4, -0.2) is 29.0 Å². The highest BCUT2D eigenvalue weighted by molar-refractivity contribution is 5.80. The third-order valence-electron chi connectivity index (χ3n) is 5.04. The Bertz CT molecular complexity index is 1130. The SMILES string of the molecule is CCc1cc2ccc(C(C)(C#N)Cc3nc(C)cc(N(C)C)n3)cc2[nH]c1=O. The minimum Gasteiger partial charge on any atom is -0.363 e. The lowest BCUT2D eigenvalue weighted by Gasteiger charge is -2.23. The van der Waals surface area contributed by atoms with E-state index in [1.807, 2.05) is 70.1 Å². The van der Waals surface area contributed by atoms with Crippen LogP contribution in [0.15, 0.2) is 35.1 Å². The van der Waals surface area contributed by atoms with Gasteiger partial charge in [-0.25, -0.2) is 9.97 Å². The Morgan fingerprint density at radius 1 is 1.21 bits per heavy atom. The van der Waals surface area contributed by atoms with Crippen molar-refractivity contribution in [3.05, 3.63) is 63.3 Å². The monoisotopic (exact) mass is 375 g/mol. The van der Waals surface area contributed by atoms with E-state index < -0.39 is 5.41 Å². The molecule has 0 spiro atoms. The molecular weight excluding hydrogens is 350 g/mol. The first-order valence-corrected chi connectivity index (χ1v) is 9.35. The molecule has 3 rings (SSSR count). The molecule has 0 radical (unpaired) electrons. The lowest BCUT2D eigenvalue weighted by molar-refractivity contribution is 0.583. The topological polar surface area (TPSA) is 85.7 Å². The van der Waals surface area contributed by atoms with Gasteiger partial charge in [0.25, 0.3) is 5.56 Å². The number of nitrogens with zero attached hydrogens (tertiary/aromatic N) is 4. The number of aromatic amines is 1. The van der Waals surface area contributed by atoms with Crippen molar-refractivity contribution in [2.24, 2.45) is 0 Å². The molecule has 0 aliphatic carbocycles. The highest BCUT2D eigenvalue weighted by Crippen LogP contribution is 2.29. The molecule has 6 nitrogen and oxygen atoms in total. The zero-order valence-corrected chi connectivity index (χ0v) is 17.0. The van der Waals surface area contributed by atoms with Gasteiger partial charge in [0.2, 0.25) is 0 Å². The molecule has 0 aliphatic rings. The van der Waals surface area contributed by atoms with E-state index in [1.54, 1.807) is 0 Å². The number of benzene rings is 1. The van der Waals surface area contributed by atoms with Crippen molar-refractivity contribution in [1.29, 1.82) is 5.26 Å². The quantitative estimate of drug-likeness (QED) is 0.740. The van der Waals surface area contributed by atoms with Crippen LogP contribution in [0.3, 0.4) is 0 Å². The summed E-state index contributed by atoms with van der Waals surface area (Å²) in [5.74, 6) is 1.44. The third-order valence-corrected chi connectivity index (χ3v) is 5.04. The molecule has 0 bridgehead atoms. The molecule has 3 aromatic rings. The Hall–Kier alpha value is -3.20. The Balaban J connectivity index is 2.04. The van der Waals surface area contributed by atoms with Gasteiger partial charge in [-0.3, -0.25) is 4.79 Å². The van der Waals surface area contributed by atoms with Gasteiger partial charge in [-0.2, -0.15) is 5.26 Å². The summed E-state index contributed by atoms with van der Waals surface area (Å²) in [6, 6.07) is 12.1. The smallest absolute Gasteiger partial charge is 0.251 e. The number of aromatic nitrogens is 3. The molecule has 6 heteroatoms. The van der Waals surface area contributed by atoms with Crippen LogP contribution in [0.25, 0.3) is 10.9 Å². The largest absolute Gasteiger partial charge is 0.363 e. The van der Waals surface area contributed by atoms with Gasteiger partial charge in [-0.15, -0.1) is 0 Å². The number of hydrogen-bond acceptors (Lipinski definition) is 5. The highest BCUT2D eigenvalue weighted by Gasteiger charge is 2.29. The molecule has 144 valence electrons. The fourth-order valence-corrected chi connectivity index (χ4v) is 3.29. The molecule has 1 N–H and O–H groups in total. The summed E-state index contributed by atoms with van der Waals surface area (Å²) in [4.78, 5) is 26.2. The summed E-state index contributed by atoms with van der Waals surface area (Å²) >= 11 is 0. The maximum absolute atomic E-state index is 12.2. The van der Waals surface area contributed by atoms with Gasteiger partial charge in [0, 0.05) is 43.4 Å². The van der Waals surface area contributed by atoms with Crippen molar-refractivity contribution in [1.82, 2.24) is 15.0 Å². The van der Waals surface area contributed by atoms with Crippen molar-refractivity contribution < 1.29 is 0 Å². The van der Waals surface area contributed by atoms with Crippen molar-refractivity contribution in [3.63, 3.8) is 0 Å². The minimum atomic E-state index is -0.814. The summed E-state index contributed by atoms with van der Waals surface area (Å²) in [5, 5.41) is 10.9. The van der Waals surface area contributed by atoms with E-state index in [4.69, 9.17) is 0 Å². The van der Waals surface area contributed by atoms with E-state index in [0.717, 1.165) is 33.5 Å². The lowest BCUT2D eigenvalue weighted by atomic mass is 9.80. The van der Waals surface area contributed by atoms with Gasteiger partial charge < -0.3 is 9.88 Å². The van der Waals surface area contributed by atoms with E-state index in [0.29, 0.717) is 18.7 Å². The summed E-state index contributed by atoms with van der Waals surface area (Å²) in [7, 11) is 3.86. The first-order chi connectivity index (χ1) is 13.3. The van der Waals surface area contributed by atoms with E-state index in [1.165, 1.54) is 0 Å². The number of fused-ring (bicyclic) bond motifs is 1. The minimum absolute atomic E-state index is 0.0801. The number of rotatable bonds is 5. The van der Waals surface area contributed by atoms with Crippen LogP contribution in [0.5, 0.6) is 0 Å². The molecule has 1 unspecified atom stereocenters. The van der Waals surface area contributed by atoms with Crippen molar-refractivity contribution >= 4 is 16.7 Å². The summed E-state index contributed by atoms with van der Waals surface area (Å²) < 4.78 is 0. The molecular formula is C22H25N5O. The second-order valence-electron chi connectivity index (χ2n) is 7.58. The molecule has 1 atom stereocenters. The van der Waals surface area contributed by atoms with Gasteiger partial charge >= 0.3 is 0 Å². The number of nitriles is 1. The molecule has 0 fully saturated rings. The first kappa shape index (κ1) is 19.6. The number of aryl methyl sites for hydroxylation is 2. The average Bonchev–Trinajstić information content (AvgIpc) is 2.66. The molecule has 2 aromatic heterocycles. The van der Waals surface area contributed by atoms with Crippen LogP contribution in [0.2, 0.25) is 0 Å². The van der Waals surface area contributed by atoms with Gasteiger partial charge in [-0.1, -0.05) is 19.1 Å². The van der Waals surface area contributed by atoms with Gasteiger partial charge in [0.15, 0.2) is 0 Å². The Kier molecular flexibility index (Phi) is 5.19. The zero-order chi connectivity index (χ0) is 20.5. The fraction of sp³-hybridized carbons (Fsp3) is 0.364. The first-order valence-electron chi connectivity index (χ1n) is 9.35. The Morgan fingerprint density at radius 3 is 2.61 bits per heavy atom. The molecule has 28 heavy (non-hydrogen) atoms. The van der Waals surface area contributed by atoms with E-state index in [9.17, 15) is 10.1 Å². The molecule has 2 heterocycles. The zero-order valence-electron chi connectivity index (χ0n) is 17.0. The van der Waals surface area contributed by atoms with Crippen LogP contribution in [-0.2, 0) is 18.3 Å². The van der Waals surface area contributed by atoms with Crippen molar-refractivity contribution in [3.8, 4) is 6.07 Å². The standard InChI is InChI=1S/C22H25N5O/c1-6-15-10-16-7-8-17(11-18(16)25-21(15)28)22(3,13-23)12-19-24-14(2)9-20(26-19)27(4)5/h7-11H,6,12H2,1-5H3,(H,25,28). The van der Waals surface area contributed by atoms with Gasteiger partial charge in [0.05, 0.1) is 11.5 Å². The fourth-order valence-electron chi connectivity index (χ4n) is 3.29. The normalized spacial score (nSPS) is 13.1. The Morgan fingerprint density at radius 2 is 1.96 bits per heavy atom. The predicted octanol–water partition coefficient (Wildman–Crippen LogP) is 3.28. The number of hydrogen-bond donors (Lipinski definition) is 1. The molecule has 0 saturated heterocycles. The second-order valence-corrected chi connectivity index (χ2v) is 7.58. The maximum atomic E-state index is 12.2. The Labute approximate surface area is 164 Å². The molecule has 1 aromatic carbocycles. The van der Waals surface area contributed by atoms with Crippen LogP contribution in [0.4, 0.5) is 5.82 Å². The molecule has 0 aliphatic heterocycles. The average molecular weight is 375 g/mol. The summed E-state index contributed by atoms with van der Waals surface area (Å²) in [6.07, 6.45) is 1.07.